The van der Waals surface area contributed by atoms with Crippen molar-refractivity contribution in [1.82, 2.24) is 4.57 Å². The van der Waals surface area contributed by atoms with Crippen molar-refractivity contribution in [1.29, 1.82) is 0 Å². The second-order valence-corrected chi connectivity index (χ2v) is 21.4. The van der Waals surface area contributed by atoms with E-state index in [1.54, 1.807) is 0 Å². The first-order valence-corrected chi connectivity index (χ1v) is 21.5. The van der Waals surface area contributed by atoms with Crippen molar-refractivity contribution in [2.24, 2.45) is 0 Å². The summed E-state index contributed by atoms with van der Waals surface area (Å²) in [7, 11) is 0. The Morgan fingerprint density at radius 1 is 0.517 bits per heavy atom. The lowest BCUT2D eigenvalue weighted by Gasteiger charge is -2.26. The maximum Gasteiger partial charge on any atom is 0.193 e. The number of aliphatic hydroxyl groups is 1. The van der Waals surface area contributed by atoms with Gasteiger partial charge in [-0.05, 0) is 150 Å². The standard InChI is InChI=1S/C57H61NO2/c1-33-15-17-36(54(3,4)5)28-44(33)45-29-37(55(6,7)8)18-23-41(45)34(2)35-16-22-42-48(27-35)52(59)43-24-21-40(32-49(43)53(42)60)58-50-25-19-38(56(9,10)11)30-46(50)47-31-39(57(12,13)14)20-26-51(47)58/h15-32,53,60H,2H2,1,3-14H3. The molecule has 0 spiro atoms. The molecule has 3 nitrogen and oxygen atoms in total. The fraction of sp³-hybridized carbons (Fsp3) is 0.316. The lowest BCUT2D eigenvalue weighted by atomic mass is 9.78. The van der Waals surface area contributed by atoms with Gasteiger partial charge in [0.1, 0.15) is 6.10 Å². The van der Waals surface area contributed by atoms with E-state index >= 15 is 0 Å². The van der Waals surface area contributed by atoms with Crippen LogP contribution >= 0.6 is 0 Å². The van der Waals surface area contributed by atoms with E-state index in [0.717, 1.165) is 39.0 Å². The molecule has 1 unspecified atom stereocenters. The quantitative estimate of drug-likeness (QED) is 0.193. The number of nitrogens with zero attached hydrogens (tertiary/aromatic N) is 1. The number of hydrogen-bond donors (Lipinski definition) is 1. The van der Waals surface area contributed by atoms with Crippen LogP contribution in [-0.2, 0) is 21.7 Å². The van der Waals surface area contributed by atoms with Crippen LogP contribution in [0.3, 0.4) is 0 Å². The number of aliphatic hydroxyl groups excluding tert-OH is 1. The lowest BCUT2D eigenvalue weighted by molar-refractivity contribution is 0.101. The molecule has 0 saturated heterocycles. The topological polar surface area (TPSA) is 42.2 Å². The second-order valence-electron chi connectivity index (χ2n) is 21.4. The first-order valence-electron chi connectivity index (χ1n) is 21.5. The molecular formula is C57H61NO2. The highest BCUT2D eigenvalue weighted by atomic mass is 16.3. The van der Waals surface area contributed by atoms with E-state index in [1.807, 2.05) is 36.4 Å². The molecule has 1 aliphatic rings. The van der Waals surface area contributed by atoms with Crippen molar-refractivity contribution in [3.05, 3.63) is 177 Å². The number of carbonyl (C=O) groups excluding carboxylic acids is 1. The molecule has 0 amide bonds. The van der Waals surface area contributed by atoms with Gasteiger partial charge < -0.3 is 9.67 Å². The lowest BCUT2D eigenvalue weighted by Crippen LogP contribution is -2.20. The molecule has 7 aromatic rings. The van der Waals surface area contributed by atoms with Gasteiger partial charge in [-0.15, -0.1) is 0 Å². The third kappa shape index (κ3) is 7.05. The summed E-state index contributed by atoms with van der Waals surface area (Å²) in [5.74, 6) is -0.0876. The molecule has 1 aliphatic carbocycles. The van der Waals surface area contributed by atoms with Gasteiger partial charge in [0, 0.05) is 27.6 Å². The van der Waals surface area contributed by atoms with Crippen molar-refractivity contribution in [2.75, 3.05) is 0 Å². The third-order valence-corrected chi connectivity index (χ3v) is 12.9. The summed E-state index contributed by atoms with van der Waals surface area (Å²) in [4.78, 5) is 14.5. The van der Waals surface area contributed by atoms with Crippen LogP contribution in [-0.4, -0.2) is 15.5 Å². The fourth-order valence-corrected chi connectivity index (χ4v) is 8.88. The predicted molar refractivity (Wildman–Crippen MR) is 254 cm³/mol. The molecule has 1 N–H and O–H groups in total. The Labute approximate surface area is 357 Å². The molecule has 6 aromatic carbocycles. The minimum Gasteiger partial charge on any atom is -0.384 e. The van der Waals surface area contributed by atoms with Crippen molar-refractivity contribution in [3.63, 3.8) is 0 Å². The van der Waals surface area contributed by atoms with Crippen LogP contribution in [0.15, 0.2) is 116 Å². The van der Waals surface area contributed by atoms with Gasteiger partial charge in [-0.25, -0.2) is 0 Å². The highest BCUT2D eigenvalue weighted by Gasteiger charge is 2.32. The number of hydrogen-bond acceptors (Lipinski definition) is 2. The van der Waals surface area contributed by atoms with Gasteiger partial charge in [-0.1, -0.05) is 144 Å². The highest BCUT2D eigenvalue weighted by molar-refractivity contribution is 6.14. The van der Waals surface area contributed by atoms with E-state index < -0.39 is 6.10 Å². The molecular weight excluding hydrogens is 731 g/mol. The summed E-state index contributed by atoms with van der Waals surface area (Å²) in [5, 5.41) is 14.5. The Hall–Kier alpha value is -5.51. The minimum atomic E-state index is -0.965. The highest BCUT2D eigenvalue weighted by Crippen LogP contribution is 2.43. The zero-order chi connectivity index (χ0) is 43.4. The van der Waals surface area contributed by atoms with E-state index in [-0.39, 0.29) is 27.4 Å². The summed E-state index contributed by atoms with van der Waals surface area (Å²) in [6.07, 6.45) is -0.965. The Morgan fingerprint density at radius 2 is 1.02 bits per heavy atom. The predicted octanol–water partition coefficient (Wildman–Crippen LogP) is 14.6. The number of ketones is 1. The van der Waals surface area contributed by atoms with Gasteiger partial charge >= 0.3 is 0 Å². The molecule has 8 rings (SSSR count). The Balaban J connectivity index is 1.22. The van der Waals surface area contributed by atoms with Crippen LogP contribution < -0.4 is 0 Å². The summed E-state index contributed by atoms with van der Waals surface area (Å²) in [6.45, 7) is 33.8. The number of rotatable bonds is 4. The zero-order valence-electron chi connectivity index (χ0n) is 38.0. The number of fused-ring (bicyclic) bond motifs is 5. The van der Waals surface area contributed by atoms with Crippen LogP contribution in [0.4, 0.5) is 0 Å². The van der Waals surface area contributed by atoms with Gasteiger partial charge in [0.05, 0.1) is 11.0 Å². The number of carbonyl (C=O) groups is 1. The molecule has 0 radical (unpaired) electrons. The van der Waals surface area contributed by atoms with E-state index in [1.165, 1.54) is 44.2 Å². The van der Waals surface area contributed by atoms with Gasteiger partial charge in [0.2, 0.25) is 0 Å². The molecule has 0 saturated carbocycles. The maximum absolute atomic E-state index is 14.5. The van der Waals surface area contributed by atoms with Crippen molar-refractivity contribution >= 4 is 33.2 Å². The molecule has 0 fully saturated rings. The van der Waals surface area contributed by atoms with E-state index in [4.69, 9.17) is 0 Å². The molecule has 60 heavy (non-hydrogen) atoms. The zero-order valence-corrected chi connectivity index (χ0v) is 38.0. The Kier molecular flexibility index (Phi) is 9.64. The molecule has 1 aromatic heterocycles. The largest absolute Gasteiger partial charge is 0.384 e. The van der Waals surface area contributed by atoms with Gasteiger partial charge in [0.25, 0.3) is 0 Å². The van der Waals surface area contributed by atoms with Crippen LogP contribution in [0.25, 0.3) is 44.2 Å². The summed E-state index contributed by atoms with van der Waals surface area (Å²) in [6, 6.07) is 38.9. The number of aromatic nitrogens is 1. The Bertz CT molecular complexity index is 2830. The summed E-state index contributed by atoms with van der Waals surface area (Å²) >= 11 is 0. The SMILES string of the molecule is C=C(c1ccc2c(c1)C(=O)c1ccc(-n3c4ccc(C(C)(C)C)cc4c4cc(C(C)(C)C)ccc43)cc1C2O)c1ccc(C(C)(C)C)cc1-c1cc(C(C)(C)C)ccc1C. The molecule has 1 heterocycles. The molecule has 3 heteroatoms. The summed E-state index contributed by atoms with van der Waals surface area (Å²) < 4.78 is 2.28. The van der Waals surface area contributed by atoms with Crippen LogP contribution in [0.2, 0.25) is 0 Å². The van der Waals surface area contributed by atoms with Gasteiger partial charge in [-0.3, -0.25) is 4.79 Å². The third-order valence-electron chi connectivity index (χ3n) is 12.9. The van der Waals surface area contributed by atoms with Crippen molar-refractivity contribution < 1.29 is 9.90 Å². The molecule has 1 atom stereocenters. The number of aryl methyl sites for hydroxylation is 1. The van der Waals surface area contributed by atoms with E-state index in [0.29, 0.717) is 22.3 Å². The van der Waals surface area contributed by atoms with Crippen molar-refractivity contribution in [3.8, 4) is 16.8 Å². The van der Waals surface area contributed by atoms with Gasteiger partial charge in [0.15, 0.2) is 5.78 Å². The van der Waals surface area contributed by atoms with Crippen LogP contribution in [0.5, 0.6) is 0 Å². The second kappa shape index (κ2) is 14.0. The van der Waals surface area contributed by atoms with Gasteiger partial charge in [-0.2, -0.15) is 0 Å². The minimum absolute atomic E-state index is 0.00355. The smallest absolute Gasteiger partial charge is 0.193 e. The Morgan fingerprint density at radius 3 is 1.57 bits per heavy atom. The van der Waals surface area contributed by atoms with Crippen LogP contribution in [0.1, 0.15) is 155 Å². The first kappa shape index (κ1) is 41.2. The molecule has 0 aliphatic heterocycles. The van der Waals surface area contributed by atoms with E-state index in [9.17, 15) is 9.90 Å². The van der Waals surface area contributed by atoms with E-state index in [2.05, 4.69) is 174 Å². The average Bonchev–Trinajstić information content (AvgIpc) is 3.51. The fourth-order valence-electron chi connectivity index (χ4n) is 8.88. The monoisotopic (exact) mass is 791 g/mol. The maximum atomic E-state index is 14.5. The molecule has 0 bridgehead atoms. The van der Waals surface area contributed by atoms with Crippen molar-refractivity contribution in [2.45, 2.75) is 118 Å². The first-order chi connectivity index (χ1) is 27.9. The normalized spacial score (nSPS) is 14.8. The van der Waals surface area contributed by atoms with Crippen LogP contribution in [0, 0.1) is 6.92 Å². The molecule has 306 valence electrons. The average molecular weight is 792 g/mol. The summed E-state index contributed by atoms with van der Waals surface area (Å²) in [5.41, 5.74) is 16.7. The number of benzene rings is 6.